The average Bonchev–Trinajstić information content (AvgIpc) is 2.87. The summed E-state index contributed by atoms with van der Waals surface area (Å²) >= 11 is 0. The molecule has 0 saturated carbocycles. The smallest absolute Gasteiger partial charge is 0.227 e. The molecule has 1 saturated heterocycles. The number of pyridine rings is 1. The minimum absolute atomic E-state index is 0.301. The highest BCUT2D eigenvalue weighted by molar-refractivity contribution is 6.08. The summed E-state index contributed by atoms with van der Waals surface area (Å²) in [6, 6.07) is 7.62. The highest BCUT2D eigenvalue weighted by Gasteiger charge is 2.22. The fourth-order valence-electron chi connectivity index (χ4n) is 3.99. The largest absolute Gasteiger partial charge is 0.495 e. The molecule has 1 aliphatic heterocycles. The topological polar surface area (TPSA) is 108 Å². The SMILES string of the molecule is CN/C=C(\C=N)c1ccc(Nc2ncc3ccnc(N4CCC(OC)CC4)c3n2)c(OC)c1. The van der Waals surface area contributed by atoms with Crippen molar-refractivity contribution in [3.05, 3.63) is 48.4 Å². The molecule has 0 spiro atoms. The molecule has 33 heavy (non-hydrogen) atoms. The number of hydrogen-bond acceptors (Lipinski definition) is 9. The average molecular weight is 448 g/mol. The van der Waals surface area contributed by atoms with Gasteiger partial charge in [-0.25, -0.2) is 15.0 Å². The monoisotopic (exact) mass is 447 g/mol. The zero-order valence-corrected chi connectivity index (χ0v) is 19.1. The molecule has 2 aromatic heterocycles. The molecule has 3 heterocycles. The molecule has 1 aliphatic rings. The number of aromatic nitrogens is 3. The molecular weight excluding hydrogens is 418 g/mol. The summed E-state index contributed by atoms with van der Waals surface area (Å²) in [6.07, 6.45) is 8.91. The summed E-state index contributed by atoms with van der Waals surface area (Å²) in [5.41, 5.74) is 3.16. The van der Waals surface area contributed by atoms with Crippen molar-refractivity contribution in [2.45, 2.75) is 18.9 Å². The van der Waals surface area contributed by atoms with Gasteiger partial charge in [-0.05, 0) is 36.6 Å². The van der Waals surface area contributed by atoms with Crippen LogP contribution >= 0.6 is 0 Å². The number of methoxy groups -OCH3 is 2. The maximum atomic E-state index is 7.64. The third-order valence-corrected chi connectivity index (χ3v) is 5.79. The Morgan fingerprint density at radius 2 is 2.00 bits per heavy atom. The van der Waals surface area contributed by atoms with E-state index in [1.54, 1.807) is 39.9 Å². The van der Waals surface area contributed by atoms with E-state index in [4.69, 9.17) is 19.9 Å². The molecule has 3 N–H and O–H groups in total. The number of fused-ring (bicyclic) bond motifs is 1. The number of piperidine rings is 1. The summed E-state index contributed by atoms with van der Waals surface area (Å²) in [5.74, 6) is 1.96. The molecule has 0 amide bonds. The van der Waals surface area contributed by atoms with Crippen molar-refractivity contribution in [1.29, 1.82) is 5.41 Å². The van der Waals surface area contributed by atoms with Gasteiger partial charge in [0.25, 0.3) is 0 Å². The van der Waals surface area contributed by atoms with E-state index in [0.29, 0.717) is 17.8 Å². The number of allylic oxidation sites excluding steroid dienone is 1. The van der Waals surface area contributed by atoms with Crippen molar-refractivity contribution in [3.8, 4) is 5.75 Å². The van der Waals surface area contributed by atoms with Crippen LogP contribution in [0.25, 0.3) is 16.5 Å². The van der Waals surface area contributed by atoms with Crippen LogP contribution in [0.15, 0.2) is 42.9 Å². The molecule has 0 bridgehead atoms. The number of hydrogen-bond donors (Lipinski definition) is 3. The number of anilines is 3. The Morgan fingerprint density at radius 3 is 2.70 bits per heavy atom. The number of rotatable bonds is 8. The van der Waals surface area contributed by atoms with Crippen LogP contribution in [0, 0.1) is 5.41 Å². The lowest BCUT2D eigenvalue weighted by molar-refractivity contribution is 0.0818. The standard InChI is InChI=1S/C24H29N7O2/c1-26-14-18(13-25)16-4-5-20(21(12-16)33-3)29-24-28-15-17-6-9-27-23(22(17)30-24)31-10-7-19(32-2)8-11-31/h4-6,9,12-15,19,25-26H,7-8,10-11H2,1-3H3,(H,28,29,30)/b18-14+,25-13?. The van der Waals surface area contributed by atoms with E-state index < -0.39 is 0 Å². The van der Waals surface area contributed by atoms with Gasteiger partial charge in [-0.3, -0.25) is 0 Å². The van der Waals surface area contributed by atoms with Crippen molar-refractivity contribution in [3.63, 3.8) is 0 Å². The molecule has 4 rings (SSSR count). The van der Waals surface area contributed by atoms with Gasteiger partial charge in [0.1, 0.15) is 11.3 Å². The lowest BCUT2D eigenvalue weighted by Gasteiger charge is -2.32. The first kappa shape index (κ1) is 22.5. The van der Waals surface area contributed by atoms with Gasteiger partial charge in [0.15, 0.2) is 5.82 Å². The number of nitrogens with zero attached hydrogens (tertiary/aromatic N) is 4. The Morgan fingerprint density at radius 1 is 1.18 bits per heavy atom. The molecule has 172 valence electrons. The van der Waals surface area contributed by atoms with Crippen LogP contribution in [0.1, 0.15) is 18.4 Å². The third kappa shape index (κ3) is 4.88. The molecule has 3 aromatic rings. The lowest BCUT2D eigenvalue weighted by Crippen LogP contribution is -2.37. The van der Waals surface area contributed by atoms with Gasteiger partial charge < -0.3 is 30.4 Å². The second-order valence-corrected chi connectivity index (χ2v) is 7.76. The summed E-state index contributed by atoms with van der Waals surface area (Å²) in [4.78, 5) is 16.2. The summed E-state index contributed by atoms with van der Waals surface area (Å²) in [5, 5.41) is 14.8. The third-order valence-electron chi connectivity index (χ3n) is 5.79. The minimum Gasteiger partial charge on any atom is -0.495 e. The molecule has 9 heteroatoms. The van der Waals surface area contributed by atoms with Gasteiger partial charge in [0.2, 0.25) is 5.95 Å². The van der Waals surface area contributed by atoms with E-state index in [9.17, 15) is 0 Å². The van der Waals surface area contributed by atoms with E-state index in [0.717, 1.165) is 59.5 Å². The fraction of sp³-hybridized carbons (Fsp3) is 0.333. The van der Waals surface area contributed by atoms with Gasteiger partial charge in [-0.1, -0.05) is 6.07 Å². The van der Waals surface area contributed by atoms with E-state index in [1.165, 1.54) is 6.21 Å². The zero-order valence-electron chi connectivity index (χ0n) is 19.1. The fourth-order valence-corrected chi connectivity index (χ4v) is 3.99. The molecular formula is C24H29N7O2. The van der Waals surface area contributed by atoms with Crippen LogP contribution in [0.4, 0.5) is 17.5 Å². The zero-order chi connectivity index (χ0) is 23.2. The highest BCUT2D eigenvalue weighted by Crippen LogP contribution is 2.31. The predicted octanol–water partition coefficient (Wildman–Crippen LogP) is 3.60. The van der Waals surface area contributed by atoms with Crippen LogP contribution in [0.2, 0.25) is 0 Å². The first-order valence-corrected chi connectivity index (χ1v) is 10.9. The Hall–Kier alpha value is -3.72. The molecule has 0 atom stereocenters. The Balaban J connectivity index is 1.63. The Kier molecular flexibility index (Phi) is 6.99. The van der Waals surface area contributed by atoms with Crippen LogP contribution in [-0.4, -0.2) is 61.6 Å². The maximum absolute atomic E-state index is 7.64. The van der Waals surface area contributed by atoms with Gasteiger partial charge in [0, 0.05) is 63.0 Å². The lowest BCUT2D eigenvalue weighted by atomic mass is 10.1. The van der Waals surface area contributed by atoms with Crippen molar-refractivity contribution in [2.75, 3.05) is 44.6 Å². The van der Waals surface area contributed by atoms with E-state index in [-0.39, 0.29) is 0 Å². The van der Waals surface area contributed by atoms with E-state index in [2.05, 4.69) is 25.5 Å². The van der Waals surface area contributed by atoms with Crippen LogP contribution in [-0.2, 0) is 4.74 Å². The summed E-state index contributed by atoms with van der Waals surface area (Å²) in [6.45, 7) is 1.75. The van der Waals surface area contributed by atoms with E-state index in [1.807, 2.05) is 24.3 Å². The second kappa shape index (κ2) is 10.3. The molecule has 1 fully saturated rings. The first-order chi connectivity index (χ1) is 16.2. The molecule has 9 nitrogen and oxygen atoms in total. The van der Waals surface area contributed by atoms with Gasteiger partial charge in [0.05, 0.1) is 18.9 Å². The Bertz CT molecular complexity index is 1160. The van der Waals surface area contributed by atoms with Crippen LogP contribution in [0.3, 0.4) is 0 Å². The van der Waals surface area contributed by atoms with E-state index >= 15 is 0 Å². The highest BCUT2D eigenvalue weighted by atomic mass is 16.5. The normalized spacial score (nSPS) is 14.9. The van der Waals surface area contributed by atoms with Crippen molar-refractivity contribution < 1.29 is 9.47 Å². The van der Waals surface area contributed by atoms with Crippen molar-refractivity contribution >= 4 is 40.1 Å². The predicted molar refractivity (Wildman–Crippen MR) is 132 cm³/mol. The number of ether oxygens (including phenoxy) is 2. The maximum Gasteiger partial charge on any atom is 0.227 e. The van der Waals surface area contributed by atoms with Crippen molar-refractivity contribution in [1.82, 2.24) is 20.3 Å². The number of nitrogens with one attached hydrogen (secondary N) is 3. The molecule has 0 aliphatic carbocycles. The van der Waals surface area contributed by atoms with Crippen LogP contribution in [0.5, 0.6) is 5.75 Å². The second-order valence-electron chi connectivity index (χ2n) is 7.76. The minimum atomic E-state index is 0.301. The van der Waals surface area contributed by atoms with Crippen LogP contribution < -0.4 is 20.3 Å². The summed E-state index contributed by atoms with van der Waals surface area (Å²) in [7, 11) is 5.19. The summed E-state index contributed by atoms with van der Waals surface area (Å²) < 4.78 is 11.1. The molecule has 0 unspecified atom stereocenters. The van der Waals surface area contributed by atoms with Gasteiger partial charge in [-0.15, -0.1) is 0 Å². The van der Waals surface area contributed by atoms with Crippen molar-refractivity contribution in [2.24, 2.45) is 0 Å². The first-order valence-electron chi connectivity index (χ1n) is 10.9. The molecule has 0 radical (unpaired) electrons. The molecule has 1 aromatic carbocycles. The Labute approximate surface area is 193 Å². The quantitative estimate of drug-likeness (QED) is 0.450. The van der Waals surface area contributed by atoms with Gasteiger partial charge in [-0.2, -0.15) is 0 Å². The van der Waals surface area contributed by atoms with Gasteiger partial charge >= 0.3 is 0 Å². The number of benzene rings is 1.